The molecule has 1 aliphatic rings. The van der Waals surface area contributed by atoms with Gasteiger partial charge in [0.05, 0.1) is 6.10 Å². The van der Waals surface area contributed by atoms with Crippen molar-refractivity contribution in [3.05, 3.63) is 28.2 Å². The van der Waals surface area contributed by atoms with Crippen LogP contribution in [0.4, 0.5) is 5.69 Å². The molecule has 0 amide bonds. The zero-order valence-corrected chi connectivity index (χ0v) is 13.5. The molecule has 2 N–H and O–H groups in total. The van der Waals surface area contributed by atoms with Crippen LogP contribution in [0.2, 0.25) is 0 Å². The Morgan fingerprint density at radius 1 is 1.58 bits per heavy atom. The minimum atomic E-state index is 0.356. The summed E-state index contributed by atoms with van der Waals surface area (Å²) in [5.74, 6) is 0. The maximum atomic E-state index is 5.70. The van der Waals surface area contributed by atoms with E-state index in [2.05, 4.69) is 39.9 Å². The first-order chi connectivity index (χ1) is 9.11. The lowest BCUT2D eigenvalue weighted by Crippen LogP contribution is -2.32. The van der Waals surface area contributed by atoms with Gasteiger partial charge in [-0.1, -0.05) is 12.2 Å². The number of likely N-dealkylation sites (N-methyl/N-ethyl adjacent to an activating group) is 1. The van der Waals surface area contributed by atoms with Gasteiger partial charge in [-0.25, -0.2) is 0 Å². The molecule has 0 saturated carbocycles. The van der Waals surface area contributed by atoms with Gasteiger partial charge in [-0.05, 0) is 53.9 Å². The van der Waals surface area contributed by atoms with E-state index in [9.17, 15) is 0 Å². The lowest BCUT2D eigenvalue weighted by molar-refractivity contribution is 0.115. The van der Waals surface area contributed by atoms with E-state index in [1.54, 1.807) is 0 Å². The number of rotatable bonds is 5. The van der Waals surface area contributed by atoms with Crippen molar-refractivity contribution in [2.75, 3.05) is 24.6 Å². The minimum absolute atomic E-state index is 0.356. The number of nitrogens with two attached hydrogens (primary N) is 1. The highest BCUT2D eigenvalue weighted by atomic mass is 79.9. The zero-order chi connectivity index (χ0) is 13.8. The molecule has 1 fully saturated rings. The molecule has 1 aromatic carbocycles. The Bertz CT molecular complexity index is 461. The van der Waals surface area contributed by atoms with Gasteiger partial charge in [0.1, 0.15) is 4.99 Å². The monoisotopic (exact) mass is 342 g/mol. The summed E-state index contributed by atoms with van der Waals surface area (Å²) < 4.78 is 6.65. The molecule has 0 aromatic heterocycles. The summed E-state index contributed by atoms with van der Waals surface area (Å²) in [7, 11) is 0. The van der Waals surface area contributed by atoms with Gasteiger partial charge in [0.25, 0.3) is 0 Å². The van der Waals surface area contributed by atoms with Crippen molar-refractivity contribution < 1.29 is 4.74 Å². The second-order valence-corrected chi connectivity index (χ2v) is 6.00. The van der Waals surface area contributed by atoms with E-state index in [0.29, 0.717) is 11.1 Å². The summed E-state index contributed by atoms with van der Waals surface area (Å²) in [6.07, 6.45) is 2.68. The average molecular weight is 343 g/mol. The fourth-order valence-corrected chi connectivity index (χ4v) is 3.24. The molecule has 104 valence electrons. The van der Waals surface area contributed by atoms with Crippen LogP contribution in [0.3, 0.4) is 0 Å². The van der Waals surface area contributed by atoms with Crippen LogP contribution in [-0.2, 0) is 4.74 Å². The SMILES string of the molecule is CCN(CC1CCCO1)c1ccc(C(N)=S)c(Br)c1. The molecule has 0 bridgehead atoms. The Balaban J connectivity index is 2.13. The second kappa shape index (κ2) is 6.68. The van der Waals surface area contributed by atoms with Crippen molar-refractivity contribution in [1.29, 1.82) is 0 Å². The Kier molecular flexibility index (Phi) is 5.19. The minimum Gasteiger partial charge on any atom is -0.389 e. The molecule has 0 spiro atoms. The van der Waals surface area contributed by atoms with Crippen molar-refractivity contribution in [3.8, 4) is 0 Å². The van der Waals surface area contributed by atoms with Crippen LogP contribution in [0.1, 0.15) is 25.3 Å². The first-order valence-corrected chi connectivity index (χ1v) is 7.78. The zero-order valence-electron chi connectivity index (χ0n) is 11.1. The first-order valence-electron chi connectivity index (χ1n) is 6.57. The van der Waals surface area contributed by atoms with Crippen molar-refractivity contribution in [2.24, 2.45) is 5.73 Å². The molecule has 1 saturated heterocycles. The number of thiocarbonyl (C=S) groups is 1. The lowest BCUT2D eigenvalue weighted by atomic mass is 10.1. The van der Waals surface area contributed by atoms with Crippen LogP contribution >= 0.6 is 28.1 Å². The molecule has 1 atom stereocenters. The van der Waals surface area contributed by atoms with Crippen molar-refractivity contribution in [2.45, 2.75) is 25.9 Å². The van der Waals surface area contributed by atoms with E-state index in [1.165, 1.54) is 12.1 Å². The molecule has 1 unspecified atom stereocenters. The largest absolute Gasteiger partial charge is 0.389 e. The molecule has 5 heteroatoms. The van der Waals surface area contributed by atoms with E-state index in [0.717, 1.165) is 36.2 Å². The summed E-state index contributed by atoms with van der Waals surface area (Å²) in [6.45, 7) is 4.95. The standard InChI is InChI=1S/C14H19BrN2OS/c1-2-17(9-11-4-3-7-18-11)10-5-6-12(14(16)19)13(15)8-10/h5-6,8,11H,2-4,7,9H2,1H3,(H2,16,19). The summed E-state index contributed by atoms with van der Waals surface area (Å²) >= 11 is 8.55. The van der Waals surface area contributed by atoms with Crippen molar-refractivity contribution >= 4 is 38.8 Å². The quantitative estimate of drug-likeness (QED) is 0.834. The average Bonchev–Trinajstić information content (AvgIpc) is 2.88. The highest BCUT2D eigenvalue weighted by molar-refractivity contribution is 9.10. The van der Waals surface area contributed by atoms with Crippen molar-refractivity contribution in [3.63, 3.8) is 0 Å². The van der Waals surface area contributed by atoms with Crippen LogP contribution in [-0.4, -0.2) is 30.8 Å². The van der Waals surface area contributed by atoms with Gasteiger partial charge >= 0.3 is 0 Å². The van der Waals surface area contributed by atoms with Crippen molar-refractivity contribution in [1.82, 2.24) is 0 Å². The molecule has 3 nitrogen and oxygen atoms in total. The second-order valence-electron chi connectivity index (χ2n) is 4.70. The fourth-order valence-electron chi connectivity index (χ4n) is 2.35. The van der Waals surface area contributed by atoms with E-state index < -0.39 is 0 Å². The number of halogens is 1. The predicted octanol–water partition coefficient (Wildman–Crippen LogP) is 3.09. The van der Waals surface area contributed by atoms with Crippen LogP contribution in [0.25, 0.3) is 0 Å². The van der Waals surface area contributed by atoms with Gasteiger partial charge in [0.15, 0.2) is 0 Å². The highest BCUT2D eigenvalue weighted by Gasteiger charge is 2.19. The predicted molar refractivity (Wildman–Crippen MR) is 86.9 cm³/mol. The van der Waals surface area contributed by atoms with Gasteiger partial charge in [-0.15, -0.1) is 0 Å². The smallest absolute Gasteiger partial charge is 0.105 e. The number of hydrogen-bond acceptors (Lipinski definition) is 3. The van der Waals surface area contributed by atoms with Gasteiger partial charge in [-0.2, -0.15) is 0 Å². The van der Waals surface area contributed by atoms with E-state index >= 15 is 0 Å². The number of nitrogens with zero attached hydrogens (tertiary/aromatic N) is 1. The highest BCUT2D eigenvalue weighted by Crippen LogP contribution is 2.25. The van der Waals surface area contributed by atoms with Crippen LogP contribution in [0, 0.1) is 0 Å². The summed E-state index contributed by atoms with van der Waals surface area (Å²) in [5.41, 5.74) is 7.73. The van der Waals surface area contributed by atoms with E-state index in [4.69, 9.17) is 22.7 Å². The Hall–Kier alpha value is -0.650. The topological polar surface area (TPSA) is 38.5 Å². The molecule has 19 heavy (non-hydrogen) atoms. The Morgan fingerprint density at radius 3 is 2.89 bits per heavy atom. The molecule has 1 aromatic rings. The number of benzene rings is 1. The Morgan fingerprint density at radius 2 is 2.37 bits per heavy atom. The van der Waals surface area contributed by atoms with Gasteiger partial charge in [0, 0.05) is 35.4 Å². The number of anilines is 1. The molecule has 1 heterocycles. The maximum absolute atomic E-state index is 5.70. The normalized spacial score (nSPS) is 18.5. The molecular formula is C14H19BrN2OS. The van der Waals surface area contributed by atoms with Gasteiger partial charge in [-0.3, -0.25) is 0 Å². The van der Waals surface area contributed by atoms with Crippen LogP contribution in [0.15, 0.2) is 22.7 Å². The Labute approximate surface area is 128 Å². The summed E-state index contributed by atoms with van der Waals surface area (Å²) in [6, 6.07) is 6.12. The lowest BCUT2D eigenvalue weighted by Gasteiger charge is -2.26. The fraction of sp³-hybridized carbons (Fsp3) is 0.500. The molecule has 0 aliphatic carbocycles. The van der Waals surface area contributed by atoms with E-state index in [1.807, 2.05) is 6.07 Å². The third-order valence-corrected chi connectivity index (χ3v) is 4.29. The third-order valence-electron chi connectivity index (χ3n) is 3.41. The number of hydrogen-bond donors (Lipinski definition) is 1. The van der Waals surface area contributed by atoms with Gasteiger partial charge in [0.2, 0.25) is 0 Å². The summed E-state index contributed by atoms with van der Waals surface area (Å²) in [4.78, 5) is 2.74. The summed E-state index contributed by atoms with van der Waals surface area (Å²) in [5, 5.41) is 0. The molecular weight excluding hydrogens is 324 g/mol. The van der Waals surface area contributed by atoms with Crippen LogP contribution in [0.5, 0.6) is 0 Å². The first kappa shape index (κ1) is 14.8. The molecule has 2 rings (SSSR count). The number of ether oxygens (including phenoxy) is 1. The molecule has 0 radical (unpaired) electrons. The molecule has 1 aliphatic heterocycles. The third kappa shape index (κ3) is 3.68. The van der Waals surface area contributed by atoms with Crippen LogP contribution < -0.4 is 10.6 Å². The maximum Gasteiger partial charge on any atom is 0.105 e. The van der Waals surface area contributed by atoms with Gasteiger partial charge < -0.3 is 15.4 Å². The van der Waals surface area contributed by atoms with E-state index in [-0.39, 0.29) is 0 Å².